The molecule has 7 nitrogen and oxygen atoms in total. The quantitative estimate of drug-likeness (QED) is 0.409. The number of hydrogen-bond donors (Lipinski definition) is 2. The number of amides is 1. The van der Waals surface area contributed by atoms with Crippen LogP contribution in [0.3, 0.4) is 0 Å². The number of carbonyl (C=O) groups is 1. The number of carbonyl (C=O) groups excluding carboxylic acids is 1. The summed E-state index contributed by atoms with van der Waals surface area (Å²) < 4.78 is 11.7. The van der Waals surface area contributed by atoms with Crippen LogP contribution >= 0.6 is 0 Å². The molecule has 7 heteroatoms. The van der Waals surface area contributed by atoms with Crippen LogP contribution in [0.5, 0.6) is 17.2 Å². The van der Waals surface area contributed by atoms with Crippen molar-refractivity contribution in [1.29, 1.82) is 0 Å². The second-order valence-corrected chi connectivity index (χ2v) is 11.8. The lowest BCUT2D eigenvalue weighted by Gasteiger charge is -2.36. The van der Waals surface area contributed by atoms with Crippen molar-refractivity contribution >= 4 is 11.6 Å². The first-order valence-electron chi connectivity index (χ1n) is 14.1. The lowest BCUT2D eigenvalue weighted by Crippen LogP contribution is -2.50. The average molecular weight is 544 g/mol. The topological polar surface area (TPSA) is 74.3 Å². The minimum Gasteiger partial charge on any atom is -0.507 e. The Kier molecular flexibility index (Phi) is 7.95. The van der Waals surface area contributed by atoms with E-state index in [4.69, 9.17) is 9.47 Å². The van der Waals surface area contributed by atoms with Crippen LogP contribution in [0.1, 0.15) is 47.7 Å². The molecule has 0 radical (unpaired) electrons. The molecule has 1 unspecified atom stereocenters. The van der Waals surface area contributed by atoms with E-state index in [9.17, 15) is 9.90 Å². The van der Waals surface area contributed by atoms with Gasteiger partial charge in [0.15, 0.2) is 11.5 Å². The number of benzene rings is 3. The number of aryl methyl sites for hydroxylation is 2. The predicted octanol–water partition coefficient (Wildman–Crippen LogP) is 5.16. The summed E-state index contributed by atoms with van der Waals surface area (Å²) in [6.07, 6.45) is 0.838. The Bertz CT molecular complexity index is 1360. The summed E-state index contributed by atoms with van der Waals surface area (Å²) >= 11 is 0. The van der Waals surface area contributed by atoms with E-state index >= 15 is 0 Å². The third-order valence-corrected chi connectivity index (χ3v) is 8.36. The Morgan fingerprint density at radius 1 is 1.00 bits per heavy atom. The van der Waals surface area contributed by atoms with Crippen molar-refractivity contribution < 1.29 is 19.4 Å². The highest BCUT2D eigenvalue weighted by molar-refractivity contribution is 5.79. The molecule has 212 valence electrons. The molecule has 3 aromatic carbocycles. The molecule has 0 aromatic heterocycles. The SMILES string of the molecule is COc1cc(N2CCN(CC(=O)NC3c4c(O)c(C)cc(C)c4CC3(C)C)CC2)ccc1OCc1ccccc1. The van der Waals surface area contributed by atoms with Crippen molar-refractivity contribution in [3.05, 3.63) is 82.4 Å². The number of phenolic OH excluding ortho intramolecular Hbond substituents is 1. The summed E-state index contributed by atoms with van der Waals surface area (Å²) in [4.78, 5) is 17.7. The van der Waals surface area contributed by atoms with Gasteiger partial charge >= 0.3 is 0 Å². The fourth-order valence-electron chi connectivity index (χ4n) is 6.09. The summed E-state index contributed by atoms with van der Waals surface area (Å²) in [5.74, 6) is 1.75. The van der Waals surface area contributed by atoms with Crippen LogP contribution in [0.25, 0.3) is 0 Å². The van der Waals surface area contributed by atoms with Crippen molar-refractivity contribution in [3.63, 3.8) is 0 Å². The number of phenols is 1. The van der Waals surface area contributed by atoms with Crippen molar-refractivity contribution in [1.82, 2.24) is 10.2 Å². The highest BCUT2D eigenvalue weighted by atomic mass is 16.5. The van der Waals surface area contributed by atoms with Crippen LogP contribution < -0.4 is 19.7 Å². The standard InChI is InChI=1S/C33H41N3O4/c1-22-17-23(2)31(38)30-26(22)19-33(3,4)32(30)34-29(37)20-35-13-15-36(16-14-35)25-11-12-27(28(18-25)39-5)40-21-24-9-7-6-8-10-24/h6-12,17-18,32,38H,13-16,19-21H2,1-5H3,(H,34,37). The number of aromatic hydroxyl groups is 1. The molecule has 5 rings (SSSR count). The first kappa shape index (κ1) is 27.8. The molecule has 1 aliphatic heterocycles. The molecule has 1 saturated heterocycles. The van der Waals surface area contributed by atoms with E-state index in [1.165, 1.54) is 11.1 Å². The second kappa shape index (κ2) is 11.4. The largest absolute Gasteiger partial charge is 0.507 e. The van der Waals surface area contributed by atoms with Gasteiger partial charge in [0.05, 0.1) is 19.7 Å². The van der Waals surface area contributed by atoms with Crippen LogP contribution in [0.4, 0.5) is 5.69 Å². The molecule has 0 saturated carbocycles. The number of piperazine rings is 1. The zero-order chi connectivity index (χ0) is 28.4. The zero-order valence-corrected chi connectivity index (χ0v) is 24.3. The van der Waals surface area contributed by atoms with Gasteiger partial charge in [-0.3, -0.25) is 9.69 Å². The van der Waals surface area contributed by atoms with Crippen LogP contribution in [0, 0.1) is 19.3 Å². The normalized spacial score (nSPS) is 18.3. The van der Waals surface area contributed by atoms with E-state index in [1.807, 2.05) is 55.5 Å². The van der Waals surface area contributed by atoms with Gasteiger partial charge < -0.3 is 24.8 Å². The third kappa shape index (κ3) is 5.75. The molecule has 2 N–H and O–H groups in total. The molecule has 1 heterocycles. The fourth-order valence-corrected chi connectivity index (χ4v) is 6.09. The number of hydrogen-bond acceptors (Lipinski definition) is 6. The highest BCUT2D eigenvalue weighted by Crippen LogP contribution is 2.50. The minimum absolute atomic E-state index is 0.000443. The Hall–Kier alpha value is -3.71. The molecule has 1 atom stereocenters. The molecule has 1 aliphatic carbocycles. The van der Waals surface area contributed by atoms with E-state index in [1.54, 1.807) is 7.11 Å². The maximum absolute atomic E-state index is 13.2. The van der Waals surface area contributed by atoms with Gasteiger partial charge in [-0.25, -0.2) is 0 Å². The lowest BCUT2D eigenvalue weighted by atomic mass is 9.85. The average Bonchev–Trinajstić information content (AvgIpc) is 3.22. The monoisotopic (exact) mass is 543 g/mol. The first-order valence-corrected chi connectivity index (χ1v) is 14.1. The number of anilines is 1. The summed E-state index contributed by atoms with van der Waals surface area (Å²) in [6, 6.07) is 18.0. The first-order chi connectivity index (χ1) is 19.2. The third-order valence-electron chi connectivity index (χ3n) is 8.36. The predicted molar refractivity (Wildman–Crippen MR) is 158 cm³/mol. The number of methoxy groups -OCH3 is 1. The minimum atomic E-state index is -0.204. The van der Waals surface area contributed by atoms with Crippen LogP contribution in [0.15, 0.2) is 54.6 Å². The summed E-state index contributed by atoms with van der Waals surface area (Å²) in [6.45, 7) is 12.4. The molecule has 1 amide bonds. The van der Waals surface area contributed by atoms with Gasteiger partial charge in [0, 0.05) is 43.5 Å². The number of fused-ring (bicyclic) bond motifs is 1. The summed E-state index contributed by atoms with van der Waals surface area (Å²) in [5, 5.41) is 14.1. The van der Waals surface area contributed by atoms with Gasteiger partial charge in [-0.2, -0.15) is 0 Å². The van der Waals surface area contributed by atoms with Crippen LogP contribution in [0.2, 0.25) is 0 Å². The van der Waals surface area contributed by atoms with Gasteiger partial charge in [-0.15, -0.1) is 0 Å². The van der Waals surface area contributed by atoms with E-state index in [-0.39, 0.29) is 17.4 Å². The molecular weight excluding hydrogens is 502 g/mol. The number of ether oxygens (including phenoxy) is 2. The molecular formula is C33H41N3O4. The molecule has 2 aliphatic rings. The van der Waals surface area contributed by atoms with Crippen LogP contribution in [-0.2, 0) is 17.8 Å². The Morgan fingerprint density at radius 3 is 2.42 bits per heavy atom. The molecule has 0 bridgehead atoms. The Balaban J connectivity index is 1.17. The zero-order valence-electron chi connectivity index (χ0n) is 24.3. The smallest absolute Gasteiger partial charge is 0.234 e. The highest BCUT2D eigenvalue weighted by Gasteiger charge is 2.43. The maximum atomic E-state index is 13.2. The number of rotatable bonds is 8. The molecule has 1 fully saturated rings. The van der Waals surface area contributed by atoms with Crippen molar-refractivity contribution in [2.24, 2.45) is 5.41 Å². The van der Waals surface area contributed by atoms with Gasteiger partial charge in [-0.05, 0) is 60.1 Å². The van der Waals surface area contributed by atoms with E-state index in [0.29, 0.717) is 24.7 Å². The Morgan fingerprint density at radius 2 is 1.73 bits per heavy atom. The molecule has 3 aromatic rings. The van der Waals surface area contributed by atoms with Gasteiger partial charge in [0.25, 0.3) is 0 Å². The van der Waals surface area contributed by atoms with Crippen molar-refractivity contribution in [2.45, 2.75) is 46.8 Å². The number of nitrogens with zero attached hydrogens (tertiary/aromatic N) is 2. The second-order valence-electron chi connectivity index (χ2n) is 11.8. The van der Waals surface area contributed by atoms with E-state index < -0.39 is 0 Å². The summed E-state index contributed by atoms with van der Waals surface area (Å²) in [5.41, 5.74) is 6.12. The van der Waals surface area contributed by atoms with Crippen LogP contribution in [-0.4, -0.2) is 55.7 Å². The fraction of sp³-hybridized carbons (Fsp3) is 0.424. The lowest BCUT2D eigenvalue weighted by molar-refractivity contribution is -0.123. The molecule has 40 heavy (non-hydrogen) atoms. The van der Waals surface area contributed by atoms with Gasteiger partial charge in [0.2, 0.25) is 5.91 Å². The maximum Gasteiger partial charge on any atom is 0.234 e. The van der Waals surface area contributed by atoms with Crippen molar-refractivity contribution in [3.8, 4) is 17.2 Å². The van der Waals surface area contributed by atoms with E-state index in [2.05, 4.69) is 42.0 Å². The molecule has 0 spiro atoms. The Labute approximate surface area is 237 Å². The van der Waals surface area contributed by atoms with Crippen molar-refractivity contribution in [2.75, 3.05) is 44.7 Å². The van der Waals surface area contributed by atoms with E-state index in [0.717, 1.165) is 60.7 Å². The number of nitrogens with one attached hydrogen (secondary N) is 1. The summed E-state index contributed by atoms with van der Waals surface area (Å²) in [7, 11) is 1.66. The van der Waals surface area contributed by atoms with Gasteiger partial charge in [0.1, 0.15) is 12.4 Å². The van der Waals surface area contributed by atoms with Gasteiger partial charge in [-0.1, -0.05) is 50.2 Å².